The maximum absolute atomic E-state index is 14.0. The predicted octanol–water partition coefficient (Wildman–Crippen LogP) is 5.47. The van der Waals surface area contributed by atoms with Crippen molar-refractivity contribution in [3.8, 4) is 11.5 Å². The molecule has 1 aliphatic rings. The third-order valence-electron chi connectivity index (χ3n) is 5.35. The van der Waals surface area contributed by atoms with Crippen LogP contribution in [-0.4, -0.2) is 21.8 Å². The van der Waals surface area contributed by atoms with Gasteiger partial charge in [-0.1, -0.05) is 25.1 Å². The van der Waals surface area contributed by atoms with Crippen molar-refractivity contribution in [2.75, 3.05) is 18.1 Å². The first-order valence-corrected chi connectivity index (χ1v) is 12.1. The van der Waals surface area contributed by atoms with Crippen molar-refractivity contribution in [1.82, 2.24) is 0 Å². The zero-order valence-corrected chi connectivity index (χ0v) is 18.9. The van der Waals surface area contributed by atoms with Crippen LogP contribution in [0.1, 0.15) is 35.6 Å². The van der Waals surface area contributed by atoms with Crippen LogP contribution in [0.3, 0.4) is 0 Å². The molecule has 0 aliphatic carbocycles. The van der Waals surface area contributed by atoms with Crippen LogP contribution in [0.15, 0.2) is 60.7 Å². The van der Waals surface area contributed by atoms with Crippen molar-refractivity contribution in [3.05, 3.63) is 88.7 Å². The van der Waals surface area contributed by atoms with Crippen molar-refractivity contribution in [3.63, 3.8) is 0 Å². The number of fused-ring (bicyclic) bond motifs is 2. The third-order valence-corrected chi connectivity index (χ3v) is 5.95. The van der Waals surface area contributed by atoms with E-state index in [-0.39, 0.29) is 12.4 Å². The molecule has 166 valence electrons. The lowest BCUT2D eigenvalue weighted by atomic mass is 9.86. The van der Waals surface area contributed by atoms with Crippen LogP contribution in [0, 0.1) is 5.82 Å². The molecule has 0 radical (unpaired) electrons. The molecule has 5 nitrogen and oxygen atoms in total. The van der Waals surface area contributed by atoms with Crippen molar-refractivity contribution in [1.29, 1.82) is 0 Å². The van der Waals surface area contributed by atoms with Gasteiger partial charge in [0.15, 0.2) is 0 Å². The van der Waals surface area contributed by atoms with E-state index in [0.717, 1.165) is 39.7 Å². The monoisotopic (exact) mass is 453 g/mol. The van der Waals surface area contributed by atoms with Gasteiger partial charge in [-0.2, -0.15) is 0 Å². The molecule has 7 heteroatoms. The number of anilines is 1. The Balaban J connectivity index is 2.00. The van der Waals surface area contributed by atoms with Gasteiger partial charge in [-0.3, -0.25) is 4.72 Å². The lowest BCUT2D eigenvalue weighted by Crippen LogP contribution is -2.09. The third kappa shape index (κ3) is 4.48. The zero-order chi connectivity index (χ0) is 22.9. The Bertz CT molecular complexity index is 1320. The topological polar surface area (TPSA) is 64.6 Å². The van der Waals surface area contributed by atoms with Crippen LogP contribution in [0.25, 0.3) is 11.1 Å². The van der Waals surface area contributed by atoms with Crippen molar-refractivity contribution in [2.24, 2.45) is 0 Å². The summed E-state index contributed by atoms with van der Waals surface area (Å²) in [5.41, 5.74) is 5.95. The number of allylic oxidation sites excluding steroid dienone is 1. The molecule has 0 aromatic heterocycles. The molecular formula is C25H24FNO4S. The molecular weight excluding hydrogens is 429 g/mol. The Labute approximate surface area is 187 Å². The smallest absolute Gasteiger partial charge is 0.229 e. The standard InChI is InChI=1S/C25H24FNO4S/c1-4-21(16-6-5-7-19(12-16)27-32(3,28)29)25-22-11-9-20(30-2)13-17(22)15-31-24-14-18(26)8-10-23(24)25/h5-14,27H,4,15H2,1-3H3/b25-21-. The normalized spacial score (nSPS) is 14.5. The Morgan fingerprint density at radius 2 is 1.88 bits per heavy atom. The molecule has 32 heavy (non-hydrogen) atoms. The second kappa shape index (κ2) is 8.67. The molecule has 0 spiro atoms. The van der Waals surface area contributed by atoms with Gasteiger partial charge in [0.2, 0.25) is 10.0 Å². The highest BCUT2D eigenvalue weighted by Gasteiger charge is 2.24. The lowest BCUT2D eigenvalue weighted by molar-refractivity contribution is 0.304. The minimum absolute atomic E-state index is 0.277. The number of benzene rings is 3. The van der Waals surface area contributed by atoms with E-state index in [4.69, 9.17) is 9.47 Å². The minimum Gasteiger partial charge on any atom is -0.497 e. The molecule has 0 atom stereocenters. The van der Waals surface area contributed by atoms with Gasteiger partial charge in [-0.05, 0) is 65.1 Å². The Morgan fingerprint density at radius 1 is 1.09 bits per heavy atom. The van der Waals surface area contributed by atoms with E-state index < -0.39 is 10.0 Å². The SMILES string of the molecule is CC/C(=C1\c2ccc(OC)cc2COc2cc(F)ccc21)c1cccc(NS(C)(=O)=O)c1. The second-order valence-electron chi connectivity index (χ2n) is 7.61. The van der Waals surface area contributed by atoms with E-state index >= 15 is 0 Å². The molecule has 1 aliphatic heterocycles. The summed E-state index contributed by atoms with van der Waals surface area (Å²) in [5, 5.41) is 0. The highest BCUT2D eigenvalue weighted by atomic mass is 32.2. The molecule has 1 heterocycles. The molecule has 0 saturated carbocycles. The molecule has 0 unspecified atom stereocenters. The minimum atomic E-state index is -3.41. The number of hydrogen-bond donors (Lipinski definition) is 1. The Hall–Kier alpha value is -3.32. The largest absolute Gasteiger partial charge is 0.497 e. The van der Waals surface area contributed by atoms with Gasteiger partial charge < -0.3 is 9.47 Å². The van der Waals surface area contributed by atoms with Crippen molar-refractivity contribution < 1.29 is 22.3 Å². The first kappa shape index (κ1) is 21.9. The molecule has 3 aromatic carbocycles. The number of ether oxygens (including phenoxy) is 2. The summed E-state index contributed by atoms with van der Waals surface area (Å²) >= 11 is 0. The first-order valence-electron chi connectivity index (χ1n) is 10.2. The van der Waals surface area contributed by atoms with Crippen molar-refractivity contribution in [2.45, 2.75) is 20.0 Å². The number of sulfonamides is 1. The fourth-order valence-corrected chi connectivity index (χ4v) is 4.57. The van der Waals surface area contributed by atoms with Crippen LogP contribution in [-0.2, 0) is 16.6 Å². The zero-order valence-electron chi connectivity index (χ0n) is 18.1. The van der Waals surface area contributed by atoms with Crippen LogP contribution in [0.5, 0.6) is 11.5 Å². The van der Waals surface area contributed by atoms with E-state index in [2.05, 4.69) is 4.72 Å². The number of rotatable bonds is 5. The van der Waals surface area contributed by atoms with Crippen LogP contribution >= 0.6 is 0 Å². The number of nitrogens with one attached hydrogen (secondary N) is 1. The summed E-state index contributed by atoms with van der Waals surface area (Å²) in [7, 11) is -1.80. The fourth-order valence-electron chi connectivity index (χ4n) is 4.02. The molecule has 0 bridgehead atoms. The fraction of sp³-hybridized carbons (Fsp3) is 0.200. The van der Waals surface area contributed by atoms with Gasteiger partial charge >= 0.3 is 0 Å². The lowest BCUT2D eigenvalue weighted by Gasteiger charge is -2.18. The van der Waals surface area contributed by atoms with Crippen LogP contribution in [0.4, 0.5) is 10.1 Å². The molecule has 3 aromatic rings. The quantitative estimate of drug-likeness (QED) is 0.557. The molecule has 0 amide bonds. The second-order valence-corrected chi connectivity index (χ2v) is 9.36. The van der Waals surface area contributed by atoms with E-state index in [0.29, 0.717) is 23.6 Å². The predicted molar refractivity (Wildman–Crippen MR) is 125 cm³/mol. The summed E-state index contributed by atoms with van der Waals surface area (Å²) in [4.78, 5) is 0. The molecule has 0 saturated heterocycles. The molecule has 4 rings (SSSR count). The Morgan fingerprint density at radius 3 is 2.59 bits per heavy atom. The van der Waals surface area contributed by atoms with E-state index in [1.165, 1.54) is 12.1 Å². The van der Waals surface area contributed by atoms with Crippen LogP contribution < -0.4 is 14.2 Å². The summed E-state index contributed by atoms with van der Waals surface area (Å²) in [6, 6.07) is 17.6. The number of methoxy groups -OCH3 is 1. The van der Waals surface area contributed by atoms with Crippen LogP contribution in [0.2, 0.25) is 0 Å². The average molecular weight is 454 g/mol. The van der Waals surface area contributed by atoms with Gasteiger partial charge in [0, 0.05) is 22.9 Å². The van der Waals surface area contributed by atoms with E-state index in [9.17, 15) is 12.8 Å². The van der Waals surface area contributed by atoms with Gasteiger partial charge in [0.25, 0.3) is 0 Å². The summed E-state index contributed by atoms with van der Waals surface area (Å²) < 4.78 is 51.4. The first-order chi connectivity index (χ1) is 15.3. The Kier molecular flexibility index (Phi) is 5.93. The average Bonchev–Trinajstić information content (AvgIpc) is 2.90. The van der Waals surface area contributed by atoms with E-state index in [1.807, 2.05) is 43.3 Å². The molecule has 1 N–H and O–H groups in total. The summed E-state index contributed by atoms with van der Waals surface area (Å²) in [6.45, 7) is 2.32. The molecule has 0 fully saturated rings. The highest BCUT2D eigenvalue weighted by Crippen LogP contribution is 2.43. The number of hydrogen-bond acceptors (Lipinski definition) is 4. The van der Waals surface area contributed by atoms with Gasteiger partial charge in [-0.25, -0.2) is 12.8 Å². The van der Waals surface area contributed by atoms with Gasteiger partial charge in [-0.15, -0.1) is 0 Å². The van der Waals surface area contributed by atoms with Gasteiger partial charge in [0.05, 0.1) is 13.4 Å². The van der Waals surface area contributed by atoms with E-state index in [1.54, 1.807) is 19.2 Å². The maximum Gasteiger partial charge on any atom is 0.229 e. The van der Waals surface area contributed by atoms with Crippen molar-refractivity contribution >= 4 is 26.9 Å². The highest BCUT2D eigenvalue weighted by molar-refractivity contribution is 7.92. The number of halogens is 1. The maximum atomic E-state index is 14.0. The summed E-state index contributed by atoms with van der Waals surface area (Å²) in [6.07, 6.45) is 1.79. The van der Waals surface area contributed by atoms with Gasteiger partial charge in [0.1, 0.15) is 23.9 Å². The summed E-state index contributed by atoms with van der Waals surface area (Å²) in [5.74, 6) is 0.803.